The summed E-state index contributed by atoms with van der Waals surface area (Å²) in [5.74, 6) is -0.856. The van der Waals surface area contributed by atoms with E-state index in [1.165, 1.54) is 32.4 Å². The lowest BCUT2D eigenvalue weighted by molar-refractivity contribution is -0.289. The van der Waals surface area contributed by atoms with Gasteiger partial charge < -0.3 is 44.5 Å². The smallest absolute Gasteiger partial charge is 0.331 e. The maximum absolute atomic E-state index is 12.0. The van der Waals surface area contributed by atoms with Gasteiger partial charge in [0, 0.05) is 6.08 Å². The van der Waals surface area contributed by atoms with Crippen molar-refractivity contribution in [2.75, 3.05) is 20.8 Å². The van der Waals surface area contributed by atoms with Gasteiger partial charge in [-0.3, -0.25) is 0 Å². The van der Waals surface area contributed by atoms with Crippen molar-refractivity contribution < 1.29 is 49.3 Å². The Morgan fingerprint density at radius 3 is 2.26 bits per heavy atom. The van der Waals surface area contributed by atoms with Crippen LogP contribution >= 0.6 is 0 Å². The molecule has 1 saturated heterocycles. The molecular formula is C17H22O10. The number of phenolic OH excluding ortho intramolecular Hbond substituents is 1. The molecule has 0 aliphatic carbocycles. The Labute approximate surface area is 154 Å². The molecule has 1 aliphatic rings. The lowest BCUT2D eigenvalue weighted by Gasteiger charge is -2.39. The number of esters is 1. The van der Waals surface area contributed by atoms with E-state index in [0.717, 1.165) is 6.08 Å². The Morgan fingerprint density at radius 2 is 1.74 bits per heavy atom. The normalized spacial score (nSPS) is 28.1. The van der Waals surface area contributed by atoms with Gasteiger partial charge in [-0.2, -0.15) is 0 Å². The number of hydrogen-bond acceptors (Lipinski definition) is 10. The molecule has 2 rings (SSSR count). The molecule has 1 heterocycles. The highest BCUT2D eigenvalue weighted by molar-refractivity contribution is 5.87. The van der Waals surface area contributed by atoms with Gasteiger partial charge in [-0.15, -0.1) is 0 Å². The summed E-state index contributed by atoms with van der Waals surface area (Å²) < 4.78 is 19.8. The fourth-order valence-electron chi connectivity index (χ4n) is 2.55. The molecule has 150 valence electrons. The van der Waals surface area contributed by atoms with Crippen molar-refractivity contribution >= 4 is 12.0 Å². The Hall–Kier alpha value is -2.37. The molecule has 0 unspecified atom stereocenters. The van der Waals surface area contributed by atoms with Gasteiger partial charge in [-0.1, -0.05) is 0 Å². The predicted octanol–water partition coefficient (Wildman–Crippen LogP) is -1.23. The summed E-state index contributed by atoms with van der Waals surface area (Å²) in [6, 6.07) is 2.90. The van der Waals surface area contributed by atoms with E-state index in [1.807, 2.05) is 0 Å². The molecule has 5 atom stereocenters. The maximum atomic E-state index is 12.0. The second-order valence-electron chi connectivity index (χ2n) is 5.74. The van der Waals surface area contributed by atoms with Crippen LogP contribution in [0.1, 0.15) is 5.56 Å². The zero-order valence-corrected chi connectivity index (χ0v) is 14.7. The Kier molecular flexibility index (Phi) is 6.99. The molecule has 0 spiro atoms. The summed E-state index contributed by atoms with van der Waals surface area (Å²) in [4.78, 5) is 12.0. The average Bonchev–Trinajstić information content (AvgIpc) is 2.67. The first kappa shape index (κ1) is 20.9. The molecule has 27 heavy (non-hydrogen) atoms. The van der Waals surface area contributed by atoms with Crippen molar-refractivity contribution in [2.45, 2.75) is 30.7 Å². The quantitative estimate of drug-likeness (QED) is 0.296. The number of aliphatic hydroxyl groups excluding tert-OH is 4. The first-order valence-corrected chi connectivity index (χ1v) is 7.96. The monoisotopic (exact) mass is 386 g/mol. The molecule has 10 heteroatoms. The van der Waals surface area contributed by atoms with Gasteiger partial charge in [-0.05, 0) is 23.8 Å². The van der Waals surface area contributed by atoms with Crippen LogP contribution in [0.3, 0.4) is 0 Å². The highest BCUT2D eigenvalue weighted by atomic mass is 16.7. The summed E-state index contributed by atoms with van der Waals surface area (Å²) in [5.41, 5.74) is 0.444. The van der Waals surface area contributed by atoms with E-state index < -0.39 is 43.3 Å². The second-order valence-corrected chi connectivity index (χ2v) is 5.74. The van der Waals surface area contributed by atoms with Crippen molar-refractivity contribution in [1.29, 1.82) is 0 Å². The number of carbonyl (C=O) groups is 1. The zero-order valence-electron chi connectivity index (χ0n) is 14.7. The van der Waals surface area contributed by atoms with E-state index in [0.29, 0.717) is 5.56 Å². The number of phenols is 1. The van der Waals surface area contributed by atoms with Crippen molar-refractivity contribution in [3.05, 3.63) is 23.8 Å². The van der Waals surface area contributed by atoms with Gasteiger partial charge in [0.1, 0.15) is 18.3 Å². The van der Waals surface area contributed by atoms with Crippen molar-refractivity contribution in [2.24, 2.45) is 0 Å². The molecular weight excluding hydrogens is 364 g/mol. The average molecular weight is 386 g/mol. The third kappa shape index (κ3) is 4.67. The van der Waals surface area contributed by atoms with Crippen LogP contribution in [0.2, 0.25) is 0 Å². The summed E-state index contributed by atoms with van der Waals surface area (Å²) in [6.07, 6.45) is -5.29. The molecule has 0 radical (unpaired) electrons. The summed E-state index contributed by atoms with van der Waals surface area (Å²) in [7, 11) is 2.71. The minimum atomic E-state index is -1.72. The maximum Gasteiger partial charge on any atom is 0.331 e. The Bertz CT molecular complexity index is 663. The number of rotatable bonds is 6. The number of aromatic hydroxyl groups is 1. The minimum absolute atomic E-state index is 0.131. The Morgan fingerprint density at radius 1 is 1.15 bits per heavy atom. The first-order valence-electron chi connectivity index (χ1n) is 7.96. The summed E-state index contributed by atoms with van der Waals surface area (Å²) in [5, 5.41) is 48.4. The predicted molar refractivity (Wildman–Crippen MR) is 90.1 cm³/mol. The number of ether oxygens (including phenoxy) is 4. The van der Waals surface area contributed by atoms with E-state index in [1.54, 1.807) is 0 Å². The molecule has 5 N–H and O–H groups in total. The number of carbonyl (C=O) groups excluding carboxylic acids is 1. The molecule has 0 saturated carbocycles. The fraction of sp³-hybridized carbons (Fsp3) is 0.471. The topological polar surface area (TPSA) is 155 Å². The van der Waals surface area contributed by atoms with Crippen molar-refractivity contribution in [3.8, 4) is 17.2 Å². The molecule has 1 aromatic carbocycles. The third-order valence-corrected chi connectivity index (χ3v) is 4.01. The lowest BCUT2D eigenvalue weighted by atomic mass is 9.99. The molecule has 10 nitrogen and oxygen atoms in total. The largest absolute Gasteiger partial charge is 0.502 e. The number of aliphatic hydroxyl groups is 4. The Balaban J connectivity index is 2.12. The van der Waals surface area contributed by atoms with Gasteiger partial charge in [0.05, 0.1) is 20.8 Å². The molecule has 0 amide bonds. The zero-order chi connectivity index (χ0) is 20.1. The van der Waals surface area contributed by atoms with Gasteiger partial charge in [0.15, 0.2) is 23.9 Å². The van der Waals surface area contributed by atoms with Crippen LogP contribution in [0.15, 0.2) is 18.2 Å². The van der Waals surface area contributed by atoms with Crippen molar-refractivity contribution in [3.63, 3.8) is 0 Å². The molecule has 1 aromatic rings. The van der Waals surface area contributed by atoms with Gasteiger partial charge in [0.25, 0.3) is 0 Å². The van der Waals surface area contributed by atoms with E-state index in [4.69, 9.17) is 24.1 Å². The minimum Gasteiger partial charge on any atom is -0.502 e. The van der Waals surface area contributed by atoms with Crippen LogP contribution in [-0.2, 0) is 14.3 Å². The number of hydrogen-bond donors (Lipinski definition) is 5. The molecule has 0 aromatic heterocycles. The van der Waals surface area contributed by atoms with Crippen LogP contribution in [0, 0.1) is 0 Å². The van der Waals surface area contributed by atoms with Crippen LogP contribution in [0.25, 0.3) is 6.08 Å². The van der Waals surface area contributed by atoms with E-state index in [9.17, 15) is 25.2 Å². The number of methoxy groups -OCH3 is 2. The van der Waals surface area contributed by atoms with Crippen LogP contribution in [-0.4, -0.2) is 83.0 Å². The highest BCUT2D eigenvalue weighted by Gasteiger charge is 2.45. The standard InChI is InChI=1S/C17H22O10/c1-24-9-5-8(6-10(25-2)13(9)20)3-4-12(19)27-16-14(21)11(7-18)26-17(23)15(16)22/h3-6,11,14-18,20-23H,7H2,1-2H3/t11-,14-,15-,16+,17-/m1/s1. The van der Waals surface area contributed by atoms with E-state index in [-0.39, 0.29) is 17.2 Å². The van der Waals surface area contributed by atoms with E-state index in [2.05, 4.69) is 0 Å². The SMILES string of the molecule is COc1cc(C=CC(=O)O[C@@H]2[C@@H](O)[C@H](O)O[C@H](CO)[C@H]2O)cc(OC)c1O. The fourth-order valence-corrected chi connectivity index (χ4v) is 2.55. The summed E-state index contributed by atoms with van der Waals surface area (Å²) >= 11 is 0. The highest BCUT2D eigenvalue weighted by Crippen LogP contribution is 2.37. The third-order valence-electron chi connectivity index (χ3n) is 4.01. The summed E-state index contributed by atoms with van der Waals surface area (Å²) in [6.45, 7) is -0.637. The lowest BCUT2D eigenvalue weighted by Crippen LogP contribution is -2.59. The van der Waals surface area contributed by atoms with Crippen LogP contribution in [0.4, 0.5) is 0 Å². The molecule has 0 bridgehead atoms. The number of benzene rings is 1. The van der Waals surface area contributed by atoms with Crippen LogP contribution < -0.4 is 9.47 Å². The van der Waals surface area contributed by atoms with Crippen LogP contribution in [0.5, 0.6) is 17.2 Å². The van der Waals surface area contributed by atoms with Gasteiger partial charge in [-0.25, -0.2) is 4.79 Å². The molecule has 1 fully saturated rings. The second kappa shape index (κ2) is 9.02. The van der Waals surface area contributed by atoms with Gasteiger partial charge in [0.2, 0.25) is 5.75 Å². The van der Waals surface area contributed by atoms with E-state index >= 15 is 0 Å². The van der Waals surface area contributed by atoms with Crippen molar-refractivity contribution in [1.82, 2.24) is 0 Å². The molecule has 1 aliphatic heterocycles. The van der Waals surface area contributed by atoms with Gasteiger partial charge >= 0.3 is 5.97 Å². The first-order chi connectivity index (χ1) is 12.8.